The van der Waals surface area contributed by atoms with Crippen LogP contribution in [0.25, 0.3) is 16.3 Å². The van der Waals surface area contributed by atoms with Gasteiger partial charge in [-0.3, -0.25) is 4.79 Å². The molecule has 132 valence electrons. The lowest BCUT2D eigenvalue weighted by Crippen LogP contribution is -3.13. The molecular weight excluding hydrogens is 342 g/mol. The van der Waals surface area contributed by atoms with Crippen LogP contribution in [0.2, 0.25) is 0 Å². The molecule has 0 unspecified atom stereocenters. The summed E-state index contributed by atoms with van der Waals surface area (Å²) in [7, 11) is 0. The fourth-order valence-corrected chi connectivity index (χ4v) is 4.31. The maximum atomic E-state index is 12.4. The number of piperazine rings is 1. The van der Waals surface area contributed by atoms with Crippen molar-refractivity contribution in [2.24, 2.45) is 0 Å². The van der Waals surface area contributed by atoms with E-state index < -0.39 is 0 Å². The van der Waals surface area contributed by atoms with Gasteiger partial charge in [0.25, 0.3) is 0 Å². The van der Waals surface area contributed by atoms with E-state index in [4.69, 9.17) is 4.98 Å². The van der Waals surface area contributed by atoms with Crippen LogP contribution in [0.15, 0.2) is 60.7 Å². The van der Waals surface area contributed by atoms with E-state index in [0.717, 1.165) is 43.8 Å². The van der Waals surface area contributed by atoms with E-state index >= 15 is 0 Å². The molecule has 0 bridgehead atoms. The van der Waals surface area contributed by atoms with E-state index in [9.17, 15) is 4.79 Å². The van der Waals surface area contributed by atoms with Gasteiger partial charge in [-0.1, -0.05) is 42.5 Å². The SMILES string of the molecule is O=C(/C=C/c1ccccc1)N1CC[NH+](Cc2nc3ccccc3s2)CC1. The number of hydrogen-bond donors (Lipinski definition) is 1. The van der Waals surface area contributed by atoms with Crippen molar-refractivity contribution in [1.29, 1.82) is 0 Å². The number of quaternary nitrogens is 1. The van der Waals surface area contributed by atoms with Crippen molar-refractivity contribution in [3.8, 4) is 0 Å². The Bertz CT molecular complexity index is 878. The van der Waals surface area contributed by atoms with Crippen LogP contribution in [-0.2, 0) is 11.3 Å². The Hall–Kier alpha value is -2.50. The number of thiazole rings is 1. The number of fused-ring (bicyclic) bond motifs is 1. The van der Waals surface area contributed by atoms with Crippen molar-refractivity contribution in [3.05, 3.63) is 71.2 Å². The van der Waals surface area contributed by atoms with Crippen LogP contribution in [-0.4, -0.2) is 42.0 Å². The van der Waals surface area contributed by atoms with Crippen molar-refractivity contribution in [2.75, 3.05) is 26.2 Å². The number of hydrogen-bond acceptors (Lipinski definition) is 3. The lowest BCUT2D eigenvalue weighted by atomic mass is 10.2. The smallest absolute Gasteiger partial charge is 0.246 e. The predicted octanol–water partition coefficient (Wildman–Crippen LogP) is 2.24. The highest BCUT2D eigenvalue weighted by molar-refractivity contribution is 7.18. The maximum Gasteiger partial charge on any atom is 0.246 e. The molecule has 26 heavy (non-hydrogen) atoms. The van der Waals surface area contributed by atoms with Gasteiger partial charge in [-0.2, -0.15) is 0 Å². The van der Waals surface area contributed by atoms with Gasteiger partial charge in [0.05, 0.1) is 36.4 Å². The Morgan fingerprint density at radius 1 is 1.08 bits per heavy atom. The molecular formula is C21H22N3OS+. The minimum Gasteiger partial charge on any atom is -0.328 e. The normalized spacial score (nSPS) is 15.8. The standard InChI is InChI=1S/C21H21N3OS/c25-21(11-10-17-6-2-1-3-7-17)24-14-12-23(13-15-24)16-20-22-18-8-4-5-9-19(18)26-20/h1-11H,12-16H2/p+1/b11-10+. The summed E-state index contributed by atoms with van der Waals surface area (Å²) in [6.07, 6.45) is 3.58. The van der Waals surface area contributed by atoms with Gasteiger partial charge in [0.15, 0.2) is 0 Å². The van der Waals surface area contributed by atoms with Gasteiger partial charge in [-0.05, 0) is 23.8 Å². The van der Waals surface area contributed by atoms with Gasteiger partial charge in [-0.25, -0.2) is 4.98 Å². The summed E-state index contributed by atoms with van der Waals surface area (Å²) in [5.41, 5.74) is 2.15. The van der Waals surface area contributed by atoms with Gasteiger partial charge in [0.2, 0.25) is 5.91 Å². The monoisotopic (exact) mass is 364 g/mol. The topological polar surface area (TPSA) is 37.6 Å². The molecule has 0 spiro atoms. The Labute approximate surface area is 157 Å². The molecule has 1 aliphatic heterocycles. The predicted molar refractivity (Wildman–Crippen MR) is 106 cm³/mol. The molecule has 0 atom stereocenters. The third-order valence-corrected chi connectivity index (χ3v) is 5.78. The second-order valence-corrected chi connectivity index (χ2v) is 7.69. The Balaban J connectivity index is 1.31. The van der Waals surface area contributed by atoms with Crippen molar-refractivity contribution < 1.29 is 9.69 Å². The lowest BCUT2D eigenvalue weighted by molar-refractivity contribution is -0.917. The number of aromatic nitrogens is 1. The number of benzene rings is 2. The highest BCUT2D eigenvalue weighted by Crippen LogP contribution is 2.20. The van der Waals surface area contributed by atoms with E-state index in [0.29, 0.717) is 0 Å². The maximum absolute atomic E-state index is 12.4. The summed E-state index contributed by atoms with van der Waals surface area (Å²) < 4.78 is 1.25. The molecule has 1 fully saturated rings. The van der Waals surface area contributed by atoms with Gasteiger partial charge >= 0.3 is 0 Å². The molecule has 3 aromatic rings. The van der Waals surface area contributed by atoms with Crippen LogP contribution >= 0.6 is 11.3 Å². The fourth-order valence-electron chi connectivity index (χ4n) is 3.27. The quantitative estimate of drug-likeness (QED) is 0.721. The zero-order chi connectivity index (χ0) is 17.8. The summed E-state index contributed by atoms with van der Waals surface area (Å²) in [5, 5.41) is 1.19. The van der Waals surface area contributed by atoms with Crippen LogP contribution in [0.5, 0.6) is 0 Å². The summed E-state index contributed by atoms with van der Waals surface area (Å²) >= 11 is 1.78. The average molecular weight is 364 g/mol. The molecule has 1 aliphatic rings. The number of nitrogens with one attached hydrogen (secondary N) is 1. The van der Waals surface area contributed by atoms with Crippen LogP contribution in [0.4, 0.5) is 0 Å². The minimum absolute atomic E-state index is 0.105. The third kappa shape index (κ3) is 4.00. The first kappa shape index (κ1) is 16.9. The molecule has 0 saturated carbocycles. The molecule has 4 rings (SSSR count). The van der Waals surface area contributed by atoms with Crippen molar-refractivity contribution >= 4 is 33.5 Å². The first-order chi connectivity index (χ1) is 12.8. The molecule has 0 aliphatic carbocycles. The first-order valence-corrected chi connectivity index (χ1v) is 9.80. The summed E-state index contributed by atoms with van der Waals surface area (Å²) in [4.78, 5) is 20.5. The van der Waals surface area contributed by atoms with Crippen molar-refractivity contribution in [3.63, 3.8) is 0 Å². The Kier molecular flexibility index (Phi) is 5.09. The number of carbonyl (C=O) groups excluding carboxylic acids is 1. The second kappa shape index (κ2) is 7.81. The number of carbonyl (C=O) groups is 1. The highest BCUT2D eigenvalue weighted by Gasteiger charge is 2.23. The van der Waals surface area contributed by atoms with Crippen molar-refractivity contribution in [2.45, 2.75) is 6.54 Å². The second-order valence-electron chi connectivity index (χ2n) is 6.57. The summed E-state index contributed by atoms with van der Waals surface area (Å²) in [5.74, 6) is 0.105. The van der Waals surface area contributed by atoms with Crippen LogP contribution in [0, 0.1) is 0 Å². The Morgan fingerprint density at radius 2 is 1.81 bits per heavy atom. The molecule has 5 heteroatoms. The van der Waals surface area contributed by atoms with Crippen LogP contribution < -0.4 is 4.90 Å². The summed E-state index contributed by atoms with van der Waals surface area (Å²) in [6.45, 7) is 4.50. The van der Waals surface area contributed by atoms with Gasteiger partial charge in [0, 0.05) is 6.08 Å². The lowest BCUT2D eigenvalue weighted by Gasteiger charge is -2.31. The number of amides is 1. The van der Waals surface area contributed by atoms with E-state index in [1.807, 2.05) is 47.4 Å². The molecule has 1 saturated heterocycles. The molecule has 1 aromatic heterocycles. The molecule has 1 amide bonds. The molecule has 0 radical (unpaired) electrons. The molecule has 2 heterocycles. The number of para-hydroxylation sites is 1. The van der Waals surface area contributed by atoms with E-state index in [1.54, 1.807) is 17.4 Å². The number of rotatable bonds is 4. The van der Waals surface area contributed by atoms with E-state index in [1.165, 1.54) is 14.6 Å². The zero-order valence-electron chi connectivity index (χ0n) is 14.6. The van der Waals surface area contributed by atoms with Gasteiger partial charge in [-0.15, -0.1) is 11.3 Å². The van der Waals surface area contributed by atoms with E-state index in [-0.39, 0.29) is 5.91 Å². The van der Waals surface area contributed by atoms with Gasteiger partial charge < -0.3 is 9.80 Å². The van der Waals surface area contributed by atoms with Gasteiger partial charge in [0.1, 0.15) is 11.6 Å². The minimum atomic E-state index is 0.105. The molecule has 4 nitrogen and oxygen atoms in total. The fraction of sp³-hybridized carbons (Fsp3) is 0.238. The first-order valence-electron chi connectivity index (χ1n) is 8.98. The van der Waals surface area contributed by atoms with Crippen molar-refractivity contribution in [1.82, 2.24) is 9.88 Å². The average Bonchev–Trinajstić information content (AvgIpc) is 3.10. The van der Waals surface area contributed by atoms with E-state index in [2.05, 4.69) is 18.2 Å². The zero-order valence-corrected chi connectivity index (χ0v) is 15.4. The molecule has 1 N–H and O–H groups in total. The summed E-state index contributed by atoms with van der Waals surface area (Å²) in [6, 6.07) is 18.2. The van der Waals surface area contributed by atoms with Crippen LogP contribution in [0.3, 0.4) is 0 Å². The third-order valence-electron chi connectivity index (χ3n) is 4.74. The largest absolute Gasteiger partial charge is 0.328 e. The Morgan fingerprint density at radius 3 is 2.58 bits per heavy atom. The number of nitrogens with zero attached hydrogens (tertiary/aromatic N) is 2. The van der Waals surface area contributed by atoms with Crippen LogP contribution in [0.1, 0.15) is 10.6 Å². The highest BCUT2D eigenvalue weighted by atomic mass is 32.1. The molecule has 2 aromatic carbocycles.